The molecule has 0 spiro atoms. The Labute approximate surface area is 69.8 Å². The van der Waals surface area contributed by atoms with Gasteiger partial charge in [-0.3, -0.25) is 0 Å². The lowest BCUT2D eigenvalue weighted by Crippen LogP contribution is -2.02. The van der Waals surface area contributed by atoms with Gasteiger partial charge in [-0.2, -0.15) is 0 Å². The highest BCUT2D eigenvalue weighted by Gasteiger charge is 2.10. The van der Waals surface area contributed by atoms with Crippen molar-refractivity contribution < 1.29 is 9.53 Å². The van der Waals surface area contributed by atoms with Crippen LogP contribution in [0, 0.1) is 0 Å². The van der Waals surface area contributed by atoms with E-state index >= 15 is 0 Å². The lowest BCUT2D eigenvalue weighted by molar-refractivity contribution is -0.134. The Morgan fingerprint density at radius 2 is 2.10 bits per heavy atom. The summed E-state index contributed by atoms with van der Waals surface area (Å²) in [7, 11) is 1.28. The molecule has 0 saturated carbocycles. The molecule has 4 heteroatoms. The zero-order chi connectivity index (χ0) is 8.20. The van der Waals surface area contributed by atoms with Gasteiger partial charge in [-0.1, -0.05) is 23.2 Å². The number of hydrogen-bond acceptors (Lipinski definition) is 2. The Morgan fingerprint density at radius 3 is 2.40 bits per heavy atom. The van der Waals surface area contributed by atoms with Crippen molar-refractivity contribution >= 4 is 29.2 Å². The van der Waals surface area contributed by atoms with Gasteiger partial charge in [0, 0.05) is 6.08 Å². The number of carbonyl (C=O) groups is 1. The molecule has 0 saturated heterocycles. The maximum absolute atomic E-state index is 10.4. The van der Waals surface area contributed by atoms with Crippen molar-refractivity contribution in [1.82, 2.24) is 0 Å². The van der Waals surface area contributed by atoms with Gasteiger partial charge in [-0.05, 0) is 13.0 Å². The number of alkyl halides is 2. The molecule has 0 unspecified atom stereocenters. The first-order chi connectivity index (χ1) is 4.45. The van der Waals surface area contributed by atoms with E-state index in [1.54, 1.807) is 6.92 Å². The second-order valence-corrected chi connectivity index (χ2v) is 3.58. The summed E-state index contributed by atoms with van der Waals surface area (Å²) in [6, 6.07) is 0. The van der Waals surface area contributed by atoms with Crippen LogP contribution >= 0.6 is 23.2 Å². The number of carbonyl (C=O) groups excluding carboxylic acids is 1. The number of hydrogen-bond donors (Lipinski definition) is 0. The first-order valence-electron chi connectivity index (χ1n) is 2.61. The number of esters is 1. The van der Waals surface area contributed by atoms with Crippen LogP contribution in [0.5, 0.6) is 0 Å². The van der Waals surface area contributed by atoms with E-state index in [-0.39, 0.29) is 0 Å². The average molecular weight is 183 g/mol. The third-order valence-electron chi connectivity index (χ3n) is 0.713. The number of ether oxygens (including phenoxy) is 1. The molecule has 0 fully saturated rings. The van der Waals surface area contributed by atoms with Gasteiger partial charge in [0.05, 0.1) is 7.11 Å². The van der Waals surface area contributed by atoms with Gasteiger partial charge < -0.3 is 4.74 Å². The summed E-state index contributed by atoms with van der Waals surface area (Å²) >= 11 is 11.0. The highest BCUT2D eigenvalue weighted by molar-refractivity contribution is 6.49. The van der Waals surface area contributed by atoms with Crippen molar-refractivity contribution in [2.75, 3.05) is 7.11 Å². The summed E-state index contributed by atoms with van der Waals surface area (Å²) in [5.41, 5.74) is 0. The Balaban J connectivity index is 3.88. The molecule has 0 rings (SSSR count). The van der Waals surface area contributed by atoms with Gasteiger partial charge >= 0.3 is 5.97 Å². The van der Waals surface area contributed by atoms with E-state index in [0.29, 0.717) is 0 Å². The number of rotatable bonds is 2. The molecular weight excluding hydrogens is 175 g/mol. The van der Waals surface area contributed by atoms with Crippen LogP contribution in [0.1, 0.15) is 6.92 Å². The molecular formula is C6H8Cl2O2. The smallest absolute Gasteiger partial charge is 0.330 e. The summed E-state index contributed by atoms with van der Waals surface area (Å²) < 4.78 is 3.30. The predicted octanol–water partition coefficient (Wildman–Crippen LogP) is 1.91. The minimum Gasteiger partial charge on any atom is -0.466 e. The van der Waals surface area contributed by atoms with Crippen LogP contribution in [0.4, 0.5) is 0 Å². The minimum absolute atomic E-state index is 0.465. The normalized spacial score (nSPS) is 12.0. The van der Waals surface area contributed by atoms with Crippen molar-refractivity contribution in [3.63, 3.8) is 0 Å². The van der Waals surface area contributed by atoms with Crippen molar-refractivity contribution in [1.29, 1.82) is 0 Å². The zero-order valence-corrected chi connectivity index (χ0v) is 7.24. The van der Waals surface area contributed by atoms with Crippen LogP contribution in [0.3, 0.4) is 0 Å². The third-order valence-corrected chi connectivity index (χ3v) is 0.965. The van der Waals surface area contributed by atoms with Crippen molar-refractivity contribution in [3.05, 3.63) is 12.2 Å². The molecule has 0 aliphatic carbocycles. The molecule has 2 nitrogen and oxygen atoms in total. The summed E-state index contributed by atoms with van der Waals surface area (Å²) in [4.78, 5) is 10.4. The van der Waals surface area contributed by atoms with E-state index in [1.807, 2.05) is 0 Å². The van der Waals surface area contributed by atoms with Crippen LogP contribution < -0.4 is 0 Å². The van der Waals surface area contributed by atoms with E-state index < -0.39 is 10.3 Å². The molecule has 0 aliphatic heterocycles. The second kappa shape index (κ2) is 3.84. The Kier molecular flexibility index (Phi) is 3.76. The van der Waals surface area contributed by atoms with E-state index in [1.165, 1.54) is 19.3 Å². The zero-order valence-electron chi connectivity index (χ0n) is 5.73. The fourth-order valence-corrected chi connectivity index (χ4v) is 0.408. The fourth-order valence-electron chi connectivity index (χ4n) is 0.282. The number of halogens is 2. The maximum atomic E-state index is 10.4. The molecule has 0 radical (unpaired) electrons. The van der Waals surface area contributed by atoms with Crippen LogP contribution in [0.25, 0.3) is 0 Å². The summed E-state index contributed by atoms with van der Waals surface area (Å²) in [5.74, 6) is -0.465. The monoisotopic (exact) mass is 182 g/mol. The third kappa shape index (κ3) is 5.92. The Hall–Kier alpha value is -0.210. The number of allylic oxidation sites excluding steroid dienone is 1. The molecule has 0 atom stereocenters. The van der Waals surface area contributed by atoms with Crippen LogP contribution in [-0.2, 0) is 9.53 Å². The quantitative estimate of drug-likeness (QED) is 0.371. The average Bonchev–Trinajstić information content (AvgIpc) is 1.81. The van der Waals surface area contributed by atoms with E-state index in [0.717, 1.165) is 0 Å². The first kappa shape index (κ1) is 9.79. The SMILES string of the molecule is COC(=O)/C=C/C(C)(Cl)Cl. The van der Waals surface area contributed by atoms with Gasteiger partial charge in [0.15, 0.2) is 0 Å². The molecule has 10 heavy (non-hydrogen) atoms. The van der Waals surface area contributed by atoms with Crippen molar-refractivity contribution in [2.45, 2.75) is 11.3 Å². The maximum Gasteiger partial charge on any atom is 0.330 e. The largest absolute Gasteiger partial charge is 0.466 e. The van der Waals surface area contributed by atoms with Crippen molar-refractivity contribution in [3.8, 4) is 0 Å². The first-order valence-corrected chi connectivity index (χ1v) is 3.36. The molecule has 0 aromatic heterocycles. The molecule has 0 aliphatic rings. The molecule has 0 aromatic rings. The van der Waals surface area contributed by atoms with Gasteiger partial charge in [0.25, 0.3) is 0 Å². The van der Waals surface area contributed by atoms with Gasteiger partial charge in [0.1, 0.15) is 4.33 Å². The highest BCUT2D eigenvalue weighted by atomic mass is 35.5. The predicted molar refractivity (Wildman–Crippen MR) is 41.3 cm³/mol. The molecule has 0 aromatic carbocycles. The van der Waals surface area contributed by atoms with E-state index in [2.05, 4.69) is 4.74 Å². The topological polar surface area (TPSA) is 26.3 Å². The van der Waals surface area contributed by atoms with Crippen LogP contribution in [-0.4, -0.2) is 17.4 Å². The van der Waals surface area contributed by atoms with Crippen molar-refractivity contribution in [2.24, 2.45) is 0 Å². The number of methoxy groups -OCH3 is 1. The lowest BCUT2D eigenvalue weighted by atomic mass is 10.4. The van der Waals surface area contributed by atoms with Crippen LogP contribution in [0.15, 0.2) is 12.2 Å². The fraction of sp³-hybridized carbons (Fsp3) is 0.500. The van der Waals surface area contributed by atoms with Gasteiger partial charge in [-0.15, -0.1) is 0 Å². The Morgan fingerprint density at radius 1 is 1.60 bits per heavy atom. The molecule has 0 N–H and O–H groups in total. The molecule has 0 bridgehead atoms. The Bertz CT molecular complexity index is 146. The standard InChI is InChI=1S/C6H8Cl2O2/c1-6(7,8)4-3-5(9)10-2/h3-4H,1-2H3/b4-3+. The molecule has 0 heterocycles. The summed E-state index contributed by atoms with van der Waals surface area (Å²) in [6.45, 7) is 1.55. The lowest BCUT2D eigenvalue weighted by Gasteiger charge is -2.03. The highest BCUT2D eigenvalue weighted by Crippen LogP contribution is 2.20. The minimum atomic E-state index is -1.01. The second-order valence-electron chi connectivity index (χ2n) is 1.81. The molecule has 58 valence electrons. The summed E-state index contributed by atoms with van der Waals surface area (Å²) in [5, 5.41) is 0. The van der Waals surface area contributed by atoms with E-state index in [9.17, 15) is 4.79 Å². The van der Waals surface area contributed by atoms with Gasteiger partial charge in [-0.25, -0.2) is 4.79 Å². The molecule has 0 amide bonds. The van der Waals surface area contributed by atoms with E-state index in [4.69, 9.17) is 23.2 Å². The summed E-state index contributed by atoms with van der Waals surface area (Å²) in [6.07, 6.45) is 2.53. The van der Waals surface area contributed by atoms with Gasteiger partial charge in [0.2, 0.25) is 0 Å². The van der Waals surface area contributed by atoms with Crippen LogP contribution in [0.2, 0.25) is 0 Å².